The largest absolute Gasteiger partial charge is 0.363 e. The summed E-state index contributed by atoms with van der Waals surface area (Å²) in [5.74, 6) is 1.26. The van der Waals surface area contributed by atoms with Gasteiger partial charge in [0.15, 0.2) is 0 Å². The Labute approximate surface area is 104 Å². The summed E-state index contributed by atoms with van der Waals surface area (Å²) in [5, 5.41) is 6.98. The van der Waals surface area contributed by atoms with Gasteiger partial charge >= 0.3 is 0 Å². The van der Waals surface area contributed by atoms with Crippen LogP contribution in [-0.2, 0) is 11.3 Å². The summed E-state index contributed by atoms with van der Waals surface area (Å²) in [7, 11) is 0. The molecule has 7 nitrogen and oxygen atoms in total. The average Bonchev–Trinajstić information content (AvgIpc) is 2.84. The number of aromatic nitrogens is 4. The van der Waals surface area contributed by atoms with Crippen molar-refractivity contribution in [1.82, 2.24) is 25.4 Å². The van der Waals surface area contributed by atoms with Crippen LogP contribution in [0.25, 0.3) is 11.6 Å². The van der Waals surface area contributed by atoms with Crippen LogP contribution in [0.3, 0.4) is 0 Å². The molecule has 1 saturated heterocycles. The average molecular weight is 247 g/mol. The van der Waals surface area contributed by atoms with Gasteiger partial charge in [0.2, 0.25) is 11.6 Å². The fourth-order valence-electron chi connectivity index (χ4n) is 1.63. The van der Waals surface area contributed by atoms with Crippen molar-refractivity contribution in [2.24, 2.45) is 0 Å². The molecule has 94 valence electrons. The van der Waals surface area contributed by atoms with Crippen molar-refractivity contribution in [2.45, 2.75) is 19.1 Å². The van der Waals surface area contributed by atoms with Crippen LogP contribution in [0, 0.1) is 0 Å². The molecule has 2 aromatic rings. The maximum Gasteiger partial charge on any atom is 0.253 e. The molecule has 0 amide bonds. The highest BCUT2D eigenvalue weighted by Gasteiger charge is 2.33. The highest BCUT2D eigenvalue weighted by atomic mass is 16.5. The van der Waals surface area contributed by atoms with E-state index in [1.54, 1.807) is 18.5 Å². The van der Waals surface area contributed by atoms with Crippen molar-refractivity contribution >= 4 is 0 Å². The van der Waals surface area contributed by atoms with Gasteiger partial charge in [0.05, 0.1) is 5.60 Å². The van der Waals surface area contributed by atoms with Crippen LogP contribution in [0.2, 0.25) is 0 Å². The van der Waals surface area contributed by atoms with E-state index in [1.807, 2.05) is 6.92 Å². The molecule has 0 saturated carbocycles. The molecule has 3 rings (SSSR count). The van der Waals surface area contributed by atoms with E-state index in [2.05, 4.69) is 25.4 Å². The number of nitrogens with one attached hydrogen (secondary N) is 1. The molecule has 0 radical (unpaired) electrons. The Hall–Kier alpha value is -1.86. The van der Waals surface area contributed by atoms with Crippen LogP contribution in [0.4, 0.5) is 0 Å². The van der Waals surface area contributed by atoms with E-state index in [4.69, 9.17) is 9.26 Å². The van der Waals surface area contributed by atoms with E-state index in [9.17, 15) is 0 Å². The number of nitrogens with zero attached hydrogens (tertiary/aromatic N) is 4. The molecular weight excluding hydrogens is 234 g/mol. The summed E-state index contributed by atoms with van der Waals surface area (Å²) in [6.45, 7) is 4.03. The second kappa shape index (κ2) is 4.43. The first-order valence-electron chi connectivity index (χ1n) is 5.70. The maximum atomic E-state index is 5.70. The fraction of sp³-hybridized carbons (Fsp3) is 0.455. The molecule has 2 aromatic heterocycles. The van der Waals surface area contributed by atoms with Gasteiger partial charge in [-0.25, -0.2) is 9.97 Å². The Morgan fingerprint density at radius 1 is 1.33 bits per heavy atom. The second-order valence-corrected chi connectivity index (χ2v) is 4.43. The molecule has 7 heteroatoms. The topological polar surface area (TPSA) is 86.0 Å². The smallest absolute Gasteiger partial charge is 0.253 e. The van der Waals surface area contributed by atoms with Crippen LogP contribution in [0.1, 0.15) is 12.8 Å². The lowest BCUT2D eigenvalue weighted by atomic mass is 10.0. The van der Waals surface area contributed by atoms with Gasteiger partial charge in [0.1, 0.15) is 6.61 Å². The van der Waals surface area contributed by atoms with E-state index in [0.29, 0.717) is 24.1 Å². The zero-order chi connectivity index (χ0) is 12.4. The Kier molecular flexibility index (Phi) is 2.77. The molecule has 1 N–H and O–H groups in total. The van der Waals surface area contributed by atoms with Crippen molar-refractivity contribution in [1.29, 1.82) is 0 Å². The standard InChI is InChI=1S/C11H13N5O2/c1-11(6-12-7-11)17-5-8-15-10(16-18-8)9-13-3-2-4-14-9/h2-4,12H,5-7H2,1H3. The van der Waals surface area contributed by atoms with Gasteiger partial charge in [-0.2, -0.15) is 4.98 Å². The Morgan fingerprint density at radius 3 is 2.78 bits per heavy atom. The zero-order valence-electron chi connectivity index (χ0n) is 9.96. The lowest BCUT2D eigenvalue weighted by Gasteiger charge is -2.38. The van der Waals surface area contributed by atoms with Crippen LogP contribution < -0.4 is 5.32 Å². The molecule has 1 fully saturated rings. The maximum absolute atomic E-state index is 5.70. The SMILES string of the molecule is CC1(OCc2nc(-c3ncccn3)no2)CNC1. The first kappa shape index (κ1) is 11.2. The quantitative estimate of drug-likeness (QED) is 0.837. The first-order chi connectivity index (χ1) is 8.75. The third-order valence-corrected chi connectivity index (χ3v) is 2.78. The molecular formula is C11H13N5O2. The van der Waals surface area contributed by atoms with E-state index in [0.717, 1.165) is 13.1 Å². The van der Waals surface area contributed by atoms with Gasteiger partial charge in [0.25, 0.3) is 5.89 Å². The minimum absolute atomic E-state index is 0.127. The minimum Gasteiger partial charge on any atom is -0.363 e. The molecule has 0 bridgehead atoms. The Bertz CT molecular complexity index is 523. The number of hydrogen-bond donors (Lipinski definition) is 1. The number of rotatable bonds is 4. The normalized spacial score (nSPS) is 17.4. The van der Waals surface area contributed by atoms with Gasteiger partial charge in [-0.05, 0) is 13.0 Å². The molecule has 0 aromatic carbocycles. The predicted molar refractivity (Wildman–Crippen MR) is 61.4 cm³/mol. The van der Waals surface area contributed by atoms with Crippen molar-refractivity contribution in [3.63, 3.8) is 0 Å². The second-order valence-electron chi connectivity index (χ2n) is 4.43. The van der Waals surface area contributed by atoms with E-state index in [1.165, 1.54) is 0 Å². The van der Waals surface area contributed by atoms with Crippen LogP contribution >= 0.6 is 0 Å². The van der Waals surface area contributed by atoms with E-state index < -0.39 is 0 Å². The highest BCUT2D eigenvalue weighted by Crippen LogP contribution is 2.18. The summed E-state index contributed by atoms with van der Waals surface area (Å²) in [4.78, 5) is 12.3. The van der Waals surface area contributed by atoms with Crippen molar-refractivity contribution in [3.8, 4) is 11.6 Å². The molecule has 1 aliphatic heterocycles. The molecule has 1 aliphatic rings. The summed E-state index contributed by atoms with van der Waals surface area (Å²) >= 11 is 0. The van der Waals surface area contributed by atoms with Crippen molar-refractivity contribution in [3.05, 3.63) is 24.4 Å². The molecule has 0 spiro atoms. The minimum atomic E-state index is -0.127. The zero-order valence-corrected chi connectivity index (χ0v) is 9.96. The third kappa shape index (κ3) is 2.22. The Balaban J connectivity index is 1.66. The molecule has 0 unspecified atom stereocenters. The number of ether oxygens (including phenoxy) is 1. The predicted octanol–water partition coefficient (Wildman–Crippen LogP) is 0.405. The molecule has 0 aliphatic carbocycles. The summed E-state index contributed by atoms with van der Waals surface area (Å²) in [6, 6.07) is 1.73. The van der Waals surface area contributed by atoms with Gasteiger partial charge in [-0.3, -0.25) is 0 Å². The summed E-state index contributed by atoms with van der Waals surface area (Å²) in [5.41, 5.74) is -0.127. The van der Waals surface area contributed by atoms with Gasteiger partial charge in [-0.15, -0.1) is 0 Å². The van der Waals surface area contributed by atoms with Crippen LogP contribution in [-0.4, -0.2) is 38.8 Å². The number of hydrogen-bond acceptors (Lipinski definition) is 7. The molecule has 0 atom stereocenters. The van der Waals surface area contributed by atoms with Gasteiger partial charge in [0, 0.05) is 25.5 Å². The lowest BCUT2D eigenvalue weighted by Crippen LogP contribution is -2.58. The van der Waals surface area contributed by atoms with Crippen LogP contribution in [0.15, 0.2) is 23.0 Å². The monoisotopic (exact) mass is 247 g/mol. The summed E-state index contributed by atoms with van der Waals surface area (Å²) < 4.78 is 10.8. The summed E-state index contributed by atoms with van der Waals surface area (Å²) in [6.07, 6.45) is 3.27. The van der Waals surface area contributed by atoms with Crippen molar-refractivity contribution < 1.29 is 9.26 Å². The molecule has 18 heavy (non-hydrogen) atoms. The highest BCUT2D eigenvalue weighted by molar-refractivity contribution is 5.40. The van der Waals surface area contributed by atoms with Gasteiger partial charge < -0.3 is 14.6 Å². The third-order valence-electron chi connectivity index (χ3n) is 2.78. The van der Waals surface area contributed by atoms with Crippen LogP contribution in [0.5, 0.6) is 0 Å². The molecule has 3 heterocycles. The van der Waals surface area contributed by atoms with E-state index in [-0.39, 0.29) is 5.60 Å². The fourth-order valence-corrected chi connectivity index (χ4v) is 1.63. The Morgan fingerprint density at radius 2 is 2.11 bits per heavy atom. The van der Waals surface area contributed by atoms with Crippen molar-refractivity contribution in [2.75, 3.05) is 13.1 Å². The van der Waals surface area contributed by atoms with E-state index >= 15 is 0 Å². The first-order valence-corrected chi connectivity index (χ1v) is 5.70. The lowest BCUT2D eigenvalue weighted by molar-refractivity contribution is -0.0841. The van der Waals surface area contributed by atoms with Gasteiger partial charge in [-0.1, -0.05) is 5.16 Å².